The van der Waals surface area contributed by atoms with Gasteiger partial charge in [-0.25, -0.2) is 0 Å². The van der Waals surface area contributed by atoms with Gasteiger partial charge in [0.1, 0.15) is 0 Å². The van der Waals surface area contributed by atoms with Crippen LogP contribution in [0.2, 0.25) is 0 Å². The summed E-state index contributed by atoms with van der Waals surface area (Å²) in [5, 5.41) is 20.2. The van der Waals surface area contributed by atoms with Crippen molar-refractivity contribution < 1.29 is 14.8 Å². The lowest BCUT2D eigenvalue weighted by atomic mass is 9.79. The number of aliphatic carboxylic acids is 1. The summed E-state index contributed by atoms with van der Waals surface area (Å²) in [6.45, 7) is 5.29. The zero-order valence-electron chi connectivity index (χ0n) is 11.5. The predicted octanol–water partition coefficient (Wildman–Crippen LogP) is 3.34. The van der Waals surface area contributed by atoms with Gasteiger partial charge in [0.15, 0.2) is 0 Å². The van der Waals surface area contributed by atoms with Crippen LogP contribution in [-0.2, 0) is 11.2 Å². The van der Waals surface area contributed by atoms with Gasteiger partial charge in [-0.15, -0.1) is 0 Å². The SMILES string of the molecule is CCCC(C)(Cc1cccc([N+](=O)[O-])c1C)C(=O)O. The highest BCUT2D eigenvalue weighted by atomic mass is 16.6. The molecule has 0 saturated carbocycles. The Morgan fingerprint density at radius 3 is 2.58 bits per heavy atom. The summed E-state index contributed by atoms with van der Waals surface area (Å²) in [6.07, 6.45) is 1.62. The topological polar surface area (TPSA) is 80.4 Å². The van der Waals surface area contributed by atoms with E-state index in [1.54, 1.807) is 26.0 Å². The average molecular weight is 265 g/mol. The molecule has 0 radical (unpaired) electrons. The molecule has 5 nitrogen and oxygen atoms in total. The fourth-order valence-electron chi connectivity index (χ4n) is 2.30. The molecular weight excluding hydrogens is 246 g/mol. The first-order chi connectivity index (χ1) is 8.81. The number of hydrogen-bond acceptors (Lipinski definition) is 3. The van der Waals surface area contributed by atoms with Crippen molar-refractivity contribution in [3.05, 3.63) is 39.4 Å². The summed E-state index contributed by atoms with van der Waals surface area (Å²) >= 11 is 0. The number of nitro benzene ring substituents is 1. The van der Waals surface area contributed by atoms with Gasteiger partial charge in [-0.3, -0.25) is 14.9 Å². The number of nitro groups is 1. The normalized spacial score (nSPS) is 13.8. The highest BCUT2D eigenvalue weighted by Crippen LogP contribution is 2.32. The Kier molecular flexibility index (Phi) is 4.64. The van der Waals surface area contributed by atoms with Crippen molar-refractivity contribution >= 4 is 11.7 Å². The predicted molar refractivity (Wildman–Crippen MR) is 72.2 cm³/mol. The molecule has 0 aliphatic heterocycles. The van der Waals surface area contributed by atoms with Crippen molar-refractivity contribution in [2.45, 2.75) is 40.0 Å². The Balaban J connectivity index is 3.14. The van der Waals surface area contributed by atoms with Gasteiger partial charge in [-0.05, 0) is 32.3 Å². The van der Waals surface area contributed by atoms with Crippen molar-refractivity contribution in [2.75, 3.05) is 0 Å². The quantitative estimate of drug-likeness (QED) is 0.631. The Hall–Kier alpha value is -1.91. The lowest BCUT2D eigenvalue weighted by molar-refractivity contribution is -0.385. The maximum Gasteiger partial charge on any atom is 0.309 e. The summed E-state index contributed by atoms with van der Waals surface area (Å²) < 4.78 is 0. The van der Waals surface area contributed by atoms with Crippen molar-refractivity contribution in [2.24, 2.45) is 5.41 Å². The monoisotopic (exact) mass is 265 g/mol. The van der Waals surface area contributed by atoms with Crippen LogP contribution in [0.1, 0.15) is 37.8 Å². The first kappa shape index (κ1) is 15.1. The zero-order valence-corrected chi connectivity index (χ0v) is 11.5. The molecule has 0 aromatic heterocycles. The van der Waals surface area contributed by atoms with E-state index in [9.17, 15) is 20.0 Å². The summed E-state index contributed by atoms with van der Waals surface area (Å²) in [7, 11) is 0. The minimum Gasteiger partial charge on any atom is -0.481 e. The smallest absolute Gasteiger partial charge is 0.309 e. The fraction of sp³-hybridized carbons (Fsp3) is 0.500. The maximum atomic E-state index is 11.4. The van der Waals surface area contributed by atoms with Crippen LogP contribution in [0, 0.1) is 22.5 Å². The van der Waals surface area contributed by atoms with Crippen LogP contribution in [0.3, 0.4) is 0 Å². The van der Waals surface area contributed by atoms with Crippen LogP contribution in [0.15, 0.2) is 18.2 Å². The molecule has 1 unspecified atom stereocenters. The Bertz CT molecular complexity index is 498. The molecule has 0 spiro atoms. The Labute approximate surface area is 112 Å². The molecule has 0 heterocycles. The molecule has 19 heavy (non-hydrogen) atoms. The summed E-state index contributed by atoms with van der Waals surface area (Å²) in [5.41, 5.74) is 0.444. The number of benzene rings is 1. The highest BCUT2D eigenvalue weighted by molar-refractivity contribution is 5.74. The van der Waals surface area contributed by atoms with E-state index >= 15 is 0 Å². The number of carbonyl (C=O) groups is 1. The van der Waals surface area contributed by atoms with E-state index in [1.165, 1.54) is 6.07 Å². The van der Waals surface area contributed by atoms with Crippen LogP contribution in [0.5, 0.6) is 0 Å². The van der Waals surface area contributed by atoms with Gasteiger partial charge >= 0.3 is 5.97 Å². The third-order valence-electron chi connectivity index (χ3n) is 3.51. The number of nitrogens with zero attached hydrogens (tertiary/aromatic N) is 1. The van der Waals surface area contributed by atoms with Crippen LogP contribution >= 0.6 is 0 Å². The van der Waals surface area contributed by atoms with E-state index < -0.39 is 16.3 Å². The van der Waals surface area contributed by atoms with Gasteiger partial charge < -0.3 is 5.11 Å². The molecule has 1 rings (SSSR count). The van der Waals surface area contributed by atoms with E-state index in [0.717, 1.165) is 12.0 Å². The number of carboxylic acid groups (broad SMARTS) is 1. The fourth-order valence-corrected chi connectivity index (χ4v) is 2.30. The van der Waals surface area contributed by atoms with Crippen molar-refractivity contribution in [1.82, 2.24) is 0 Å². The second-order valence-electron chi connectivity index (χ2n) is 5.11. The second kappa shape index (κ2) is 5.82. The number of carboxylic acids is 1. The molecule has 104 valence electrons. The molecule has 1 N–H and O–H groups in total. The minimum absolute atomic E-state index is 0.0433. The molecule has 0 amide bonds. The second-order valence-corrected chi connectivity index (χ2v) is 5.11. The van der Waals surface area contributed by atoms with E-state index in [2.05, 4.69) is 0 Å². The zero-order chi connectivity index (χ0) is 14.6. The van der Waals surface area contributed by atoms with E-state index in [0.29, 0.717) is 18.4 Å². The van der Waals surface area contributed by atoms with Gasteiger partial charge in [0.25, 0.3) is 5.69 Å². The number of hydrogen-bond donors (Lipinski definition) is 1. The van der Waals surface area contributed by atoms with Gasteiger partial charge in [0.2, 0.25) is 0 Å². The summed E-state index contributed by atoms with van der Waals surface area (Å²) in [4.78, 5) is 21.9. The maximum absolute atomic E-state index is 11.4. The molecule has 0 aliphatic rings. The lowest BCUT2D eigenvalue weighted by Crippen LogP contribution is -2.30. The first-order valence-corrected chi connectivity index (χ1v) is 6.28. The third-order valence-corrected chi connectivity index (χ3v) is 3.51. The molecule has 1 aromatic carbocycles. The summed E-state index contributed by atoms with van der Waals surface area (Å²) in [6, 6.07) is 4.81. The van der Waals surface area contributed by atoms with Crippen LogP contribution in [-0.4, -0.2) is 16.0 Å². The van der Waals surface area contributed by atoms with E-state index in [-0.39, 0.29) is 5.69 Å². The van der Waals surface area contributed by atoms with Gasteiger partial charge in [0.05, 0.1) is 10.3 Å². The largest absolute Gasteiger partial charge is 0.481 e. The molecule has 0 aliphatic carbocycles. The van der Waals surface area contributed by atoms with E-state index in [1.807, 2.05) is 6.92 Å². The summed E-state index contributed by atoms with van der Waals surface area (Å²) in [5.74, 6) is -0.861. The molecule has 0 bridgehead atoms. The van der Waals surface area contributed by atoms with Crippen molar-refractivity contribution in [1.29, 1.82) is 0 Å². The first-order valence-electron chi connectivity index (χ1n) is 6.28. The van der Waals surface area contributed by atoms with Gasteiger partial charge in [-0.1, -0.05) is 25.5 Å². The van der Waals surface area contributed by atoms with Crippen molar-refractivity contribution in [3.63, 3.8) is 0 Å². The standard InChI is InChI=1S/C14H19NO4/c1-4-8-14(3,13(16)17)9-11-6-5-7-12(10(11)2)15(18)19/h5-7H,4,8-9H2,1-3H3,(H,16,17). The molecule has 1 atom stereocenters. The van der Waals surface area contributed by atoms with Gasteiger partial charge in [0, 0.05) is 11.6 Å². The third kappa shape index (κ3) is 3.30. The molecule has 5 heteroatoms. The van der Waals surface area contributed by atoms with Gasteiger partial charge in [-0.2, -0.15) is 0 Å². The lowest BCUT2D eigenvalue weighted by Gasteiger charge is -2.25. The molecule has 0 saturated heterocycles. The highest BCUT2D eigenvalue weighted by Gasteiger charge is 2.33. The Morgan fingerprint density at radius 2 is 2.11 bits per heavy atom. The van der Waals surface area contributed by atoms with Crippen LogP contribution < -0.4 is 0 Å². The molecule has 1 aromatic rings. The minimum atomic E-state index is -0.880. The van der Waals surface area contributed by atoms with E-state index in [4.69, 9.17) is 0 Å². The Morgan fingerprint density at radius 1 is 1.47 bits per heavy atom. The van der Waals surface area contributed by atoms with Crippen molar-refractivity contribution in [3.8, 4) is 0 Å². The van der Waals surface area contributed by atoms with Crippen LogP contribution in [0.25, 0.3) is 0 Å². The molecule has 0 fully saturated rings. The van der Waals surface area contributed by atoms with Crippen LogP contribution in [0.4, 0.5) is 5.69 Å². The number of rotatable bonds is 6. The average Bonchev–Trinajstić information content (AvgIpc) is 2.31. The molecular formula is C14H19NO4.